The van der Waals surface area contributed by atoms with Gasteiger partial charge in [0.2, 0.25) is 0 Å². The minimum Gasteiger partial charge on any atom is -0.416 e. The SMILES string of the molecule is C#CC#CCCO[Si](C)(C)C(C)(C)C. The molecule has 14 heavy (non-hydrogen) atoms. The van der Waals surface area contributed by atoms with Gasteiger partial charge in [-0.15, -0.1) is 6.42 Å². The molecule has 0 aromatic rings. The molecule has 0 aliphatic heterocycles. The van der Waals surface area contributed by atoms with Gasteiger partial charge in [-0.1, -0.05) is 26.7 Å². The molecule has 78 valence electrons. The topological polar surface area (TPSA) is 9.23 Å². The molecule has 0 aliphatic rings. The average Bonchev–Trinajstić information content (AvgIpc) is 2.02. The van der Waals surface area contributed by atoms with E-state index in [1.807, 2.05) is 0 Å². The number of rotatable bonds is 3. The van der Waals surface area contributed by atoms with E-state index in [4.69, 9.17) is 10.8 Å². The van der Waals surface area contributed by atoms with E-state index in [9.17, 15) is 0 Å². The van der Waals surface area contributed by atoms with E-state index in [1.165, 1.54) is 0 Å². The Labute approximate surface area is 89.4 Å². The van der Waals surface area contributed by atoms with Crippen LogP contribution in [0.1, 0.15) is 27.2 Å². The molecule has 0 saturated heterocycles. The van der Waals surface area contributed by atoms with Crippen molar-refractivity contribution in [1.29, 1.82) is 0 Å². The third-order valence-electron chi connectivity index (χ3n) is 2.66. The standard InChI is InChI=1S/C12H20OSi/c1-7-8-9-10-11-13-14(5,6)12(2,3)4/h1H,10-11H2,2-6H3. The lowest BCUT2D eigenvalue weighted by molar-refractivity contribution is 0.296. The zero-order valence-corrected chi connectivity index (χ0v) is 10.9. The van der Waals surface area contributed by atoms with E-state index >= 15 is 0 Å². The molecule has 0 aromatic carbocycles. The predicted octanol–water partition coefficient (Wildman–Crippen LogP) is 3.03. The monoisotopic (exact) mass is 208 g/mol. The highest BCUT2D eigenvalue weighted by Crippen LogP contribution is 2.36. The first-order chi connectivity index (χ1) is 6.31. The smallest absolute Gasteiger partial charge is 0.192 e. The summed E-state index contributed by atoms with van der Waals surface area (Å²) < 4.78 is 5.91. The lowest BCUT2D eigenvalue weighted by Gasteiger charge is -2.35. The molecule has 0 fully saturated rings. The Morgan fingerprint density at radius 3 is 2.29 bits per heavy atom. The molecule has 1 nitrogen and oxygen atoms in total. The lowest BCUT2D eigenvalue weighted by atomic mass is 10.2. The van der Waals surface area contributed by atoms with Gasteiger partial charge in [-0.3, -0.25) is 0 Å². The molecular formula is C12H20OSi. The molecule has 0 atom stereocenters. The Hall–Kier alpha value is -0.703. The Kier molecular flexibility index (Phi) is 4.98. The third-order valence-corrected chi connectivity index (χ3v) is 7.19. The quantitative estimate of drug-likeness (QED) is 0.393. The van der Waals surface area contributed by atoms with Crippen molar-refractivity contribution in [2.75, 3.05) is 6.61 Å². The normalized spacial score (nSPS) is 11.4. The van der Waals surface area contributed by atoms with Crippen molar-refractivity contribution in [1.82, 2.24) is 0 Å². The molecule has 0 radical (unpaired) electrons. The van der Waals surface area contributed by atoms with E-state index in [2.05, 4.69) is 51.6 Å². The van der Waals surface area contributed by atoms with Crippen LogP contribution >= 0.6 is 0 Å². The second-order valence-corrected chi connectivity index (χ2v) is 9.61. The van der Waals surface area contributed by atoms with Gasteiger partial charge in [0.15, 0.2) is 8.32 Å². The van der Waals surface area contributed by atoms with Crippen LogP contribution in [0.2, 0.25) is 18.1 Å². The van der Waals surface area contributed by atoms with E-state index in [0.29, 0.717) is 6.61 Å². The first kappa shape index (κ1) is 13.3. The van der Waals surface area contributed by atoms with E-state index < -0.39 is 8.32 Å². The molecule has 0 unspecified atom stereocenters. The summed E-state index contributed by atoms with van der Waals surface area (Å²) in [6.45, 7) is 11.9. The highest BCUT2D eigenvalue weighted by Gasteiger charge is 2.36. The van der Waals surface area contributed by atoms with E-state index in [0.717, 1.165) is 6.42 Å². The van der Waals surface area contributed by atoms with Gasteiger partial charge in [0, 0.05) is 13.0 Å². The maximum Gasteiger partial charge on any atom is 0.192 e. The van der Waals surface area contributed by atoms with Crippen molar-refractivity contribution in [3.63, 3.8) is 0 Å². The zero-order chi connectivity index (χ0) is 11.2. The van der Waals surface area contributed by atoms with Crippen molar-refractivity contribution in [2.45, 2.75) is 45.3 Å². The van der Waals surface area contributed by atoms with Crippen LogP contribution in [-0.2, 0) is 4.43 Å². The first-order valence-electron chi connectivity index (χ1n) is 4.89. The minimum atomic E-state index is -1.58. The van der Waals surface area contributed by atoms with Gasteiger partial charge < -0.3 is 4.43 Å². The summed E-state index contributed by atoms with van der Waals surface area (Å²) in [6.07, 6.45) is 5.74. The Morgan fingerprint density at radius 2 is 1.86 bits per heavy atom. The number of hydrogen-bond acceptors (Lipinski definition) is 1. The maximum absolute atomic E-state index is 5.91. The predicted molar refractivity (Wildman–Crippen MR) is 64.4 cm³/mol. The Bertz CT molecular complexity index is 267. The Morgan fingerprint density at radius 1 is 1.29 bits per heavy atom. The van der Waals surface area contributed by atoms with Crippen LogP contribution in [0.3, 0.4) is 0 Å². The summed E-state index contributed by atoms with van der Waals surface area (Å²) in [6, 6.07) is 0. The summed E-state index contributed by atoms with van der Waals surface area (Å²) >= 11 is 0. The summed E-state index contributed by atoms with van der Waals surface area (Å²) in [5.41, 5.74) is 0. The first-order valence-corrected chi connectivity index (χ1v) is 7.79. The fraction of sp³-hybridized carbons (Fsp3) is 0.667. The molecule has 0 heterocycles. The summed E-state index contributed by atoms with van der Waals surface area (Å²) in [5.74, 6) is 7.75. The van der Waals surface area contributed by atoms with Crippen LogP contribution in [0.5, 0.6) is 0 Å². The van der Waals surface area contributed by atoms with Crippen molar-refractivity contribution < 1.29 is 4.43 Å². The minimum absolute atomic E-state index is 0.270. The second kappa shape index (κ2) is 5.25. The molecule has 0 aromatic heterocycles. The van der Waals surface area contributed by atoms with Crippen LogP contribution in [0.15, 0.2) is 0 Å². The molecule has 0 aliphatic carbocycles. The van der Waals surface area contributed by atoms with Gasteiger partial charge >= 0.3 is 0 Å². The van der Waals surface area contributed by atoms with Crippen LogP contribution in [0.4, 0.5) is 0 Å². The molecule has 0 N–H and O–H groups in total. The maximum atomic E-state index is 5.91. The highest BCUT2D eigenvalue weighted by molar-refractivity contribution is 6.74. The van der Waals surface area contributed by atoms with Crippen molar-refractivity contribution in [2.24, 2.45) is 0 Å². The van der Waals surface area contributed by atoms with E-state index in [-0.39, 0.29) is 5.04 Å². The fourth-order valence-electron chi connectivity index (χ4n) is 0.687. The molecule has 0 rings (SSSR count). The number of terminal acetylenes is 1. The van der Waals surface area contributed by atoms with Gasteiger partial charge in [0.05, 0.1) is 0 Å². The van der Waals surface area contributed by atoms with Crippen molar-refractivity contribution in [3.05, 3.63) is 0 Å². The van der Waals surface area contributed by atoms with Crippen LogP contribution in [0.25, 0.3) is 0 Å². The van der Waals surface area contributed by atoms with Gasteiger partial charge in [-0.05, 0) is 30.0 Å². The molecule has 0 spiro atoms. The number of hydrogen-bond donors (Lipinski definition) is 0. The zero-order valence-electron chi connectivity index (χ0n) is 9.90. The van der Waals surface area contributed by atoms with Crippen LogP contribution in [0, 0.1) is 24.2 Å². The van der Waals surface area contributed by atoms with Crippen LogP contribution in [-0.4, -0.2) is 14.9 Å². The van der Waals surface area contributed by atoms with Crippen LogP contribution < -0.4 is 0 Å². The second-order valence-electron chi connectivity index (χ2n) is 4.80. The van der Waals surface area contributed by atoms with E-state index in [1.54, 1.807) is 0 Å². The third kappa shape index (κ3) is 4.51. The van der Waals surface area contributed by atoms with Gasteiger partial charge in [0.25, 0.3) is 0 Å². The molecule has 0 bridgehead atoms. The largest absolute Gasteiger partial charge is 0.416 e. The molecular weight excluding hydrogens is 188 g/mol. The lowest BCUT2D eigenvalue weighted by Crippen LogP contribution is -2.40. The summed E-state index contributed by atoms with van der Waals surface area (Å²) in [5, 5.41) is 0.270. The summed E-state index contributed by atoms with van der Waals surface area (Å²) in [7, 11) is -1.58. The molecule has 0 saturated carbocycles. The average molecular weight is 208 g/mol. The molecule has 0 amide bonds. The van der Waals surface area contributed by atoms with Gasteiger partial charge in [0.1, 0.15) is 0 Å². The van der Waals surface area contributed by atoms with Crippen molar-refractivity contribution in [3.8, 4) is 24.2 Å². The Balaban J connectivity index is 3.96. The highest BCUT2D eigenvalue weighted by atomic mass is 28.4. The fourth-order valence-corrected chi connectivity index (χ4v) is 1.73. The van der Waals surface area contributed by atoms with Crippen molar-refractivity contribution >= 4 is 8.32 Å². The van der Waals surface area contributed by atoms with Gasteiger partial charge in [-0.2, -0.15) is 0 Å². The molecule has 2 heteroatoms. The van der Waals surface area contributed by atoms with Gasteiger partial charge in [-0.25, -0.2) is 0 Å². The summed E-state index contributed by atoms with van der Waals surface area (Å²) in [4.78, 5) is 0.